The van der Waals surface area contributed by atoms with E-state index >= 15 is 0 Å². The smallest absolute Gasteiger partial charge is 0.321 e. The average molecular weight is 341 g/mol. The lowest BCUT2D eigenvalue weighted by Crippen LogP contribution is -2.64. The Kier molecular flexibility index (Phi) is 7.48. The third-order valence-corrected chi connectivity index (χ3v) is 4.09. The summed E-state index contributed by atoms with van der Waals surface area (Å²) in [7, 11) is 0. The molecule has 22 heavy (non-hydrogen) atoms. The van der Waals surface area contributed by atoms with E-state index in [1.54, 1.807) is 0 Å². The summed E-state index contributed by atoms with van der Waals surface area (Å²) < 4.78 is 5.13. The van der Waals surface area contributed by atoms with E-state index in [1.807, 2.05) is 0 Å². The summed E-state index contributed by atoms with van der Waals surface area (Å²) in [4.78, 5) is 21.5. The van der Waals surface area contributed by atoms with Gasteiger partial charge in [0.2, 0.25) is 0 Å². The third kappa shape index (κ3) is 5.05. The highest BCUT2D eigenvalue weighted by molar-refractivity contribution is 8.00. The summed E-state index contributed by atoms with van der Waals surface area (Å²) in [6.45, 7) is -0.630. The molecular formula is C11H19NO9S. The molecule has 0 bridgehead atoms. The van der Waals surface area contributed by atoms with Gasteiger partial charge in [-0.15, -0.1) is 11.8 Å². The average Bonchev–Trinajstić information content (AvgIpc) is 2.45. The summed E-state index contributed by atoms with van der Waals surface area (Å²) in [5, 5.41) is 58.1. The summed E-state index contributed by atoms with van der Waals surface area (Å²) in [5.41, 5.74) is 0. The van der Waals surface area contributed by atoms with Crippen molar-refractivity contribution in [1.29, 1.82) is 0 Å². The Hall–Kier alpha value is -0.950. The van der Waals surface area contributed by atoms with Crippen molar-refractivity contribution in [2.24, 2.45) is 0 Å². The predicted molar refractivity (Wildman–Crippen MR) is 73.3 cm³/mol. The van der Waals surface area contributed by atoms with Crippen LogP contribution in [0.3, 0.4) is 0 Å². The Morgan fingerprint density at radius 1 is 1.14 bits per heavy atom. The number of hydrogen-bond acceptors (Lipinski definition) is 9. The van der Waals surface area contributed by atoms with Gasteiger partial charge in [-0.1, -0.05) is 0 Å². The number of aliphatic hydroxyl groups is 4. The molecule has 0 saturated carbocycles. The fourth-order valence-corrected chi connectivity index (χ4v) is 2.66. The number of ether oxygens (including phenoxy) is 1. The number of thioether (sulfide) groups is 1. The van der Waals surface area contributed by atoms with Crippen LogP contribution in [0.5, 0.6) is 0 Å². The Morgan fingerprint density at radius 2 is 1.77 bits per heavy atom. The number of aliphatic carboxylic acids is 2. The number of carboxylic acids is 2. The van der Waals surface area contributed by atoms with Crippen LogP contribution in [0, 0.1) is 0 Å². The van der Waals surface area contributed by atoms with Crippen LogP contribution in [0.25, 0.3) is 0 Å². The Balaban J connectivity index is 2.66. The fourth-order valence-electron chi connectivity index (χ4n) is 1.89. The molecule has 0 aromatic rings. The van der Waals surface area contributed by atoms with E-state index in [4.69, 9.17) is 20.1 Å². The summed E-state index contributed by atoms with van der Waals surface area (Å²) in [6.07, 6.45) is -7.25. The van der Waals surface area contributed by atoms with Crippen molar-refractivity contribution in [1.82, 2.24) is 5.32 Å². The largest absolute Gasteiger partial charge is 0.481 e. The second-order valence-corrected chi connectivity index (χ2v) is 5.75. The van der Waals surface area contributed by atoms with Gasteiger partial charge in [0.1, 0.15) is 36.7 Å². The quantitative estimate of drug-likeness (QED) is 0.235. The van der Waals surface area contributed by atoms with Crippen molar-refractivity contribution in [2.45, 2.75) is 36.7 Å². The van der Waals surface area contributed by atoms with Crippen molar-refractivity contribution < 1.29 is 45.0 Å². The Labute approximate surface area is 129 Å². The maximum atomic E-state index is 11.1. The molecule has 0 amide bonds. The minimum atomic E-state index is -1.62. The van der Waals surface area contributed by atoms with Crippen LogP contribution in [0.1, 0.15) is 0 Å². The van der Waals surface area contributed by atoms with Crippen LogP contribution in [-0.4, -0.2) is 97.4 Å². The number of hydrogen-bond donors (Lipinski definition) is 7. The van der Waals surface area contributed by atoms with E-state index in [0.29, 0.717) is 0 Å². The highest BCUT2D eigenvalue weighted by Crippen LogP contribution is 2.20. The lowest BCUT2D eigenvalue weighted by atomic mass is 9.98. The van der Waals surface area contributed by atoms with Gasteiger partial charge in [-0.25, -0.2) is 0 Å². The Bertz CT molecular complexity index is 394. The molecule has 1 saturated heterocycles. The normalized spacial score (nSPS) is 33.4. The molecule has 1 rings (SSSR count). The van der Waals surface area contributed by atoms with Crippen LogP contribution >= 0.6 is 11.8 Å². The molecule has 6 atom stereocenters. The van der Waals surface area contributed by atoms with Crippen molar-refractivity contribution in [3.8, 4) is 0 Å². The van der Waals surface area contributed by atoms with Crippen molar-refractivity contribution in [3.05, 3.63) is 0 Å². The van der Waals surface area contributed by atoms with Crippen LogP contribution in [0.4, 0.5) is 0 Å². The second kappa shape index (κ2) is 8.62. The zero-order valence-corrected chi connectivity index (χ0v) is 12.2. The zero-order valence-electron chi connectivity index (χ0n) is 11.4. The zero-order chi connectivity index (χ0) is 16.9. The monoisotopic (exact) mass is 341 g/mol. The summed E-state index contributed by atoms with van der Waals surface area (Å²) in [6, 6.07) is -1.24. The molecule has 11 heteroatoms. The lowest BCUT2D eigenvalue weighted by Gasteiger charge is -2.41. The number of rotatable bonds is 8. The summed E-state index contributed by atoms with van der Waals surface area (Å²) in [5.74, 6) is -2.80. The molecule has 10 nitrogen and oxygen atoms in total. The third-order valence-electron chi connectivity index (χ3n) is 3.07. The van der Waals surface area contributed by atoms with E-state index < -0.39 is 55.2 Å². The molecule has 128 valence electrons. The molecule has 7 N–H and O–H groups in total. The molecule has 1 aliphatic heterocycles. The van der Waals surface area contributed by atoms with Gasteiger partial charge in [-0.3, -0.25) is 14.9 Å². The van der Waals surface area contributed by atoms with E-state index in [0.717, 1.165) is 11.8 Å². The van der Waals surface area contributed by atoms with Gasteiger partial charge in [0.25, 0.3) is 0 Å². The van der Waals surface area contributed by atoms with Gasteiger partial charge in [-0.05, 0) is 0 Å². The van der Waals surface area contributed by atoms with Gasteiger partial charge in [0.05, 0.1) is 12.4 Å². The first-order valence-electron chi connectivity index (χ1n) is 6.36. The molecular weight excluding hydrogens is 322 g/mol. The molecule has 1 heterocycles. The SMILES string of the molecule is O=C(O)CSCC(NC1O[C@@H](CO)C(O)[C@@H](O)C1O)C(=O)O. The fraction of sp³-hybridized carbons (Fsp3) is 0.818. The molecule has 0 aromatic heterocycles. The van der Waals surface area contributed by atoms with Crippen LogP contribution in [0.15, 0.2) is 0 Å². The summed E-state index contributed by atoms with van der Waals surface area (Å²) >= 11 is 0.854. The van der Waals surface area contributed by atoms with Gasteiger partial charge in [0.15, 0.2) is 0 Å². The van der Waals surface area contributed by atoms with Gasteiger partial charge < -0.3 is 35.4 Å². The second-order valence-electron chi connectivity index (χ2n) is 4.72. The molecule has 1 aliphatic rings. The predicted octanol–water partition coefficient (Wildman–Crippen LogP) is -3.35. The van der Waals surface area contributed by atoms with E-state index in [2.05, 4.69) is 5.32 Å². The van der Waals surface area contributed by atoms with Crippen molar-refractivity contribution >= 4 is 23.7 Å². The van der Waals surface area contributed by atoms with Crippen LogP contribution < -0.4 is 5.32 Å². The molecule has 0 radical (unpaired) electrons. The molecule has 1 fully saturated rings. The number of aliphatic hydroxyl groups excluding tert-OH is 4. The van der Waals surface area contributed by atoms with E-state index in [9.17, 15) is 24.9 Å². The first kappa shape index (κ1) is 19.1. The lowest BCUT2D eigenvalue weighted by molar-refractivity contribution is -0.238. The molecule has 0 spiro atoms. The standard InChI is InChI=1S/C11H19NO9S/c13-1-5-7(16)8(17)9(18)10(21-5)12-4(11(19)20)2-22-3-6(14)15/h4-5,7-10,12-13,16-18H,1-3H2,(H,14,15)(H,19,20)/t4?,5-,7?,8+,9?,10?/m0/s1. The molecule has 0 aliphatic carbocycles. The topological polar surface area (TPSA) is 177 Å². The highest BCUT2D eigenvalue weighted by Gasteiger charge is 2.44. The number of carbonyl (C=O) groups is 2. The first-order chi connectivity index (χ1) is 10.3. The van der Waals surface area contributed by atoms with Crippen LogP contribution in [0.2, 0.25) is 0 Å². The maximum Gasteiger partial charge on any atom is 0.321 e. The molecule has 0 aromatic carbocycles. The van der Waals surface area contributed by atoms with Crippen molar-refractivity contribution in [2.75, 3.05) is 18.1 Å². The molecule has 4 unspecified atom stereocenters. The maximum absolute atomic E-state index is 11.1. The minimum absolute atomic E-state index is 0.114. The van der Waals surface area contributed by atoms with E-state index in [1.165, 1.54) is 0 Å². The van der Waals surface area contributed by atoms with Crippen molar-refractivity contribution in [3.63, 3.8) is 0 Å². The van der Waals surface area contributed by atoms with E-state index in [-0.39, 0.29) is 11.5 Å². The number of nitrogens with one attached hydrogen (secondary N) is 1. The Morgan fingerprint density at radius 3 is 2.27 bits per heavy atom. The van der Waals surface area contributed by atoms with Gasteiger partial charge in [-0.2, -0.15) is 0 Å². The number of carboxylic acid groups (broad SMARTS) is 2. The minimum Gasteiger partial charge on any atom is -0.481 e. The van der Waals surface area contributed by atoms with Gasteiger partial charge >= 0.3 is 11.9 Å². The van der Waals surface area contributed by atoms with Gasteiger partial charge in [0, 0.05) is 5.75 Å². The highest BCUT2D eigenvalue weighted by atomic mass is 32.2. The first-order valence-corrected chi connectivity index (χ1v) is 7.52. The van der Waals surface area contributed by atoms with Crippen LogP contribution in [-0.2, 0) is 14.3 Å².